The van der Waals surface area contributed by atoms with E-state index in [-0.39, 0.29) is 17.6 Å². The zero-order valence-corrected chi connectivity index (χ0v) is 15.6. The summed E-state index contributed by atoms with van der Waals surface area (Å²) in [4.78, 5) is 22.2. The first kappa shape index (κ1) is 18.4. The van der Waals surface area contributed by atoms with Crippen molar-refractivity contribution in [1.29, 1.82) is 0 Å². The van der Waals surface area contributed by atoms with Crippen LogP contribution >= 0.6 is 11.3 Å². The van der Waals surface area contributed by atoms with Crippen LogP contribution < -0.4 is 0 Å². The van der Waals surface area contributed by atoms with E-state index < -0.39 is 24.5 Å². The largest absolute Gasteiger partial charge is 0.449 e. The second-order valence-corrected chi connectivity index (χ2v) is 7.45. The van der Waals surface area contributed by atoms with Crippen molar-refractivity contribution in [2.75, 3.05) is 7.05 Å². The number of halogens is 3. The van der Waals surface area contributed by atoms with Crippen molar-refractivity contribution < 1.29 is 18.0 Å². The lowest BCUT2D eigenvalue weighted by atomic mass is 10.3. The molecule has 0 aliphatic rings. The number of hydrogen-bond acceptors (Lipinski definition) is 4. The van der Waals surface area contributed by atoms with Gasteiger partial charge >= 0.3 is 6.18 Å². The van der Waals surface area contributed by atoms with Crippen LogP contribution in [-0.2, 0) is 24.1 Å². The molecule has 0 saturated heterocycles. The molecule has 0 saturated carbocycles. The number of thiazole rings is 1. The highest BCUT2D eigenvalue weighted by Gasteiger charge is 2.38. The van der Waals surface area contributed by atoms with Gasteiger partial charge in [-0.25, -0.2) is 9.97 Å². The number of fused-ring (bicyclic) bond motifs is 2. The normalized spacial score (nSPS) is 12.0. The second-order valence-electron chi connectivity index (χ2n) is 6.33. The van der Waals surface area contributed by atoms with Gasteiger partial charge in [-0.2, -0.15) is 13.2 Å². The fourth-order valence-corrected chi connectivity index (χ4v) is 4.01. The van der Waals surface area contributed by atoms with Gasteiger partial charge < -0.3 is 9.47 Å². The average molecular weight is 404 g/mol. The number of carbonyl (C=O) groups is 1. The quantitative estimate of drug-likeness (QED) is 0.509. The van der Waals surface area contributed by atoms with Crippen molar-refractivity contribution in [3.63, 3.8) is 0 Å². The lowest BCUT2D eigenvalue weighted by Gasteiger charge is -2.18. The van der Waals surface area contributed by atoms with Crippen molar-refractivity contribution in [2.24, 2.45) is 0 Å². The number of nitrogens with zero attached hydrogens (tertiary/aromatic N) is 4. The van der Waals surface area contributed by atoms with Crippen LogP contribution in [0.15, 0.2) is 48.5 Å². The Hall–Kier alpha value is -2.94. The van der Waals surface area contributed by atoms with E-state index in [1.165, 1.54) is 28.4 Å². The number of benzene rings is 2. The van der Waals surface area contributed by atoms with Crippen molar-refractivity contribution in [3.05, 3.63) is 59.4 Å². The average Bonchev–Trinajstić information content (AvgIpc) is 3.22. The van der Waals surface area contributed by atoms with E-state index in [4.69, 9.17) is 0 Å². The summed E-state index contributed by atoms with van der Waals surface area (Å²) in [6.45, 7) is -0.219. The van der Waals surface area contributed by atoms with E-state index >= 15 is 0 Å². The summed E-state index contributed by atoms with van der Waals surface area (Å²) >= 11 is 1.46. The number of hydrogen-bond donors (Lipinski definition) is 0. The summed E-state index contributed by atoms with van der Waals surface area (Å²) in [7, 11) is 1.56. The zero-order valence-electron chi connectivity index (χ0n) is 14.8. The molecule has 0 fully saturated rings. The molecule has 0 aliphatic heterocycles. The predicted octanol–water partition coefficient (Wildman–Crippen LogP) is 4.32. The van der Waals surface area contributed by atoms with E-state index in [9.17, 15) is 18.0 Å². The Labute approximate surface area is 162 Å². The van der Waals surface area contributed by atoms with Crippen LogP contribution in [0, 0.1) is 0 Å². The molecular formula is C19H15F3N4OS. The van der Waals surface area contributed by atoms with Gasteiger partial charge in [0.05, 0.1) is 27.8 Å². The Morgan fingerprint density at radius 2 is 1.75 bits per heavy atom. The van der Waals surface area contributed by atoms with Crippen molar-refractivity contribution in [3.8, 4) is 0 Å². The van der Waals surface area contributed by atoms with Crippen LogP contribution in [0.2, 0.25) is 0 Å². The molecule has 0 bridgehead atoms. The lowest BCUT2D eigenvalue weighted by molar-refractivity contribution is -0.148. The molecular weight excluding hydrogens is 389 g/mol. The maximum absolute atomic E-state index is 13.4. The van der Waals surface area contributed by atoms with E-state index in [1.54, 1.807) is 19.2 Å². The van der Waals surface area contributed by atoms with Crippen LogP contribution in [0.5, 0.6) is 0 Å². The number of aromatic nitrogens is 3. The Kier molecular flexibility index (Phi) is 4.54. The topological polar surface area (TPSA) is 51.0 Å². The molecule has 4 aromatic rings. The van der Waals surface area contributed by atoms with Gasteiger partial charge in [0.1, 0.15) is 11.6 Å². The van der Waals surface area contributed by atoms with Crippen molar-refractivity contribution in [1.82, 2.24) is 19.4 Å². The number of amides is 1. The molecule has 5 nitrogen and oxygen atoms in total. The first-order chi connectivity index (χ1) is 13.3. The number of rotatable bonds is 4. The maximum atomic E-state index is 13.4. The minimum atomic E-state index is -4.65. The molecule has 0 unspecified atom stereocenters. The Balaban J connectivity index is 1.59. The lowest BCUT2D eigenvalue weighted by Crippen LogP contribution is -2.31. The fraction of sp³-hybridized carbons (Fsp3) is 0.211. The van der Waals surface area contributed by atoms with Gasteiger partial charge in [0.15, 0.2) is 0 Å². The summed E-state index contributed by atoms with van der Waals surface area (Å²) < 4.78 is 42.1. The van der Waals surface area contributed by atoms with E-state index in [2.05, 4.69) is 9.97 Å². The molecule has 0 radical (unpaired) electrons. The minimum Gasteiger partial charge on any atom is -0.337 e. The van der Waals surface area contributed by atoms with Crippen LogP contribution in [0.3, 0.4) is 0 Å². The Morgan fingerprint density at radius 1 is 1.07 bits per heavy atom. The minimum absolute atomic E-state index is 0.205. The zero-order chi connectivity index (χ0) is 19.9. The molecule has 28 heavy (non-hydrogen) atoms. The molecule has 0 N–H and O–H groups in total. The number of alkyl halides is 3. The van der Waals surface area contributed by atoms with Gasteiger partial charge in [0.25, 0.3) is 0 Å². The van der Waals surface area contributed by atoms with Crippen LogP contribution in [-0.4, -0.2) is 32.4 Å². The third-order valence-corrected chi connectivity index (χ3v) is 5.36. The number of imidazole rings is 1. The number of para-hydroxylation sites is 3. The van der Waals surface area contributed by atoms with Gasteiger partial charge in [0.2, 0.25) is 11.7 Å². The first-order valence-electron chi connectivity index (χ1n) is 8.44. The Bertz CT molecular complexity index is 1130. The highest BCUT2D eigenvalue weighted by Crippen LogP contribution is 2.31. The molecule has 0 spiro atoms. The molecule has 1 amide bonds. The van der Waals surface area contributed by atoms with Gasteiger partial charge in [-0.3, -0.25) is 4.79 Å². The predicted molar refractivity (Wildman–Crippen MR) is 101 cm³/mol. The van der Waals surface area contributed by atoms with Crippen LogP contribution in [0.25, 0.3) is 21.3 Å². The molecule has 4 rings (SSSR count). The smallest absolute Gasteiger partial charge is 0.337 e. The number of likely N-dealkylation sites (N-methyl/N-ethyl adjacent to an activating group) is 1. The van der Waals surface area contributed by atoms with Crippen molar-refractivity contribution in [2.45, 2.75) is 19.3 Å². The van der Waals surface area contributed by atoms with E-state index in [0.29, 0.717) is 0 Å². The summed E-state index contributed by atoms with van der Waals surface area (Å²) in [5, 5.41) is 0.726. The first-order valence-corrected chi connectivity index (χ1v) is 9.25. The molecule has 2 aromatic carbocycles. The molecule has 0 atom stereocenters. The van der Waals surface area contributed by atoms with Gasteiger partial charge in [-0.15, -0.1) is 11.3 Å². The van der Waals surface area contributed by atoms with Crippen molar-refractivity contribution >= 4 is 38.5 Å². The molecule has 0 aliphatic carbocycles. The molecule has 144 valence electrons. The molecule has 9 heteroatoms. The summed E-state index contributed by atoms with van der Waals surface area (Å²) in [6.07, 6.45) is -4.65. The van der Waals surface area contributed by atoms with E-state index in [1.807, 2.05) is 24.3 Å². The van der Waals surface area contributed by atoms with Crippen LogP contribution in [0.1, 0.15) is 10.8 Å². The van der Waals surface area contributed by atoms with Gasteiger partial charge in [-0.05, 0) is 24.3 Å². The Morgan fingerprint density at radius 3 is 2.46 bits per heavy atom. The SMILES string of the molecule is CN(Cc1nc2ccccc2s1)C(=O)Cn1c(C(F)(F)F)nc2ccccc21. The van der Waals surface area contributed by atoms with Gasteiger partial charge in [-0.1, -0.05) is 24.3 Å². The van der Waals surface area contributed by atoms with Gasteiger partial charge in [0, 0.05) is 7.05 Å². The summed E-state index contributed by atoms with van der Waals surface area (Å²) in [5.41, 5.74) is 1.32. The van der Waals surface area contributed by atoms with Crippen LogP contribution in [0.4, 0.5) is 13.2 Å². The fourth-order valence-electron chi connectivity index (χ4n) is 2.99. The summed E-state index contributed by atoms with van der Waals surface area (Å²) in [5.74, 6) is -1.52. The highest BCUT2D eigenvalue weighted by molar-refractivity contribution is 7.18. The summed E-state index contributed by atoms with van der Waals surface area (Å²) in [6, 6.07) is 13.9. The highest BCUT2D eigenvalue weighted by atomic mass is 32.1. The maximum Gasteiger partial charge on any atom is 0.449 e. The number of carbonyl (C=O) groups excluding carboxylic acids is 1. The molecule has 2 heterocycles. The second kappa shape index (κ2) is 6.90. The standard InChI is InChI=1S/C19H15F3N4OS/c1-25(10-16-23-13-7-3-5-9-15(13)28-16)17(27)11-26-14-8-4-2-6-12(14)24-18(26)19(20,21)22/h2-9H,10-11H2,1H3. The van der Waals surface area contributed by atoms with E-state index in [0.717, 1.165) is 19.8 Å². The third kappa shape index (κ3) is 3.45. The monoisotopic (exact) mass is 404 g/mol. The third-order valence-electron chi connectivity index (χ3n) is 4.34. The molecule has 2 aromatic heterocycles.